The number of nitrogens with zero attached hydrogens (tertiary/aromatic N) is 1. The molecular formula is C12H13BrN2O2. The summed E-state index contributed by atoms with van der Waals surface area (Å²) in [5.74, 6) is 2.56. The van der Waals surface area contributed by atoms with E-state index >= 15 is 0 Å². The number of nitro groups is 1. The Balaban J connectivity index is 2.57. The molecule has 0 spiro atoms. The van der Waals surface area contributed by atoms with E-state index in [1.54, 1.807) is 6.07 Å². The van der Waals surface area contributed by atoms with E-state index in [0.717, 1.165) is 24.9 Å². The first-order valence-electron chi connectivity index (χ1n) is 5.22. The van der Waals surface area contributed by atoms with E-state index in [2.05, 4.69) is 27.2 Å². The molecule has 0 aliphatic heterocycles. The average molecular weight is 297 g/mol. The lowest BCUT2D eigenvalue weighted by molar-refractivity contribution is -0.385. The summed E-state index contributed by atoms with van der Waals surface area (Å²) < 4.78 is 0.537. The molecule has 0 bridgehead atoms. The summed E-state index contributed by atoms with van der Waals surface area (Å²) in [5, 5.41) is 13.9. The van der Waals surface area contributed by atoms with E-state index in [1.165, 1.54) is 6.07 Å². The van der Waals surface area contributed by atoms with Crippen LogP contribution in [0.5, 0.6) is 0 Å². The number of halogens is 1. The number of benzene rings is 1. The Labute approximate surface area is 109 Å². The number of terminal acetylenes is 1. The molecule has 0 atom stereocenters. The highest BCUT2D eigenvalue weighted by Crippen LogP contribution is 2.27. The van der Waals surface area contributed by atoms with Crippen LogP contribution >= 0.6 is 15.9 Å². The molecule has 0 heterocycles. The van der Waals surface area contributed by atoms with Gasteiger partial charge in [0.25, 0.3) is 5.69 Å². The van der Waals surface area contributed by atoms with Gasteiger partial charge in [-0.1, -0.05) is 12.1 Å². The number of hydrogen-bond acceptors (Lipinski definition) is 3. The summed E-state index contributed by atoms with van der Waals surface area (Å²) in [7, 11) is 0. The zero-order valence-corrected chi connectivity index (χ0v) is 10.9. The molecule has 0 saturated heterocycles. The van der Waals surface area contributed by atoms with Crippen LogP contribution in [0.1, 0.15) is 18.4 Å². The van der Waals surface area contributed by atoms with E-state index in [4.69, 9.17) is 6.42 Å². The minimum atomic E-state index is -0.397. The molecule has 17 heavy (non-hydrogen) atoms. The maximum Gasteiger partial charge on any atom is 0.283 e. The predicted molar refractivity (Wildman–Crippen MR) is 70.6 cm³/mol. The molecule has 0 aromatic heterocycles. The predicted octanol–water partition coefficient (Wildman–Crippen LogP) is 2.86. The second kappa shape index (κ2) is 7.05. The van der Waals surface area contributed by atoms with Crippen molar-refractivity contribution in [1.29, 1.82) is 0 Å². The van der Waals surface area contributed by atoms with Gasteiger partial charge in [0, 0.05) is 19.0 Å². The summed E-state index contributed by atoms with van der Waals surface area (Å²) in [6.07, 6.45) is 6.78. The van der Waals surface area contributed by atoms with Crippen molar-refractivity contribution in [2.75, 3.05) is 6.54 Å². The lowest BCUT2D eigenvalue weighted by atomic mass is 10.2. The van der Waals surface area contributed by atoms with Crippen molar-refractivity contribution in [3.8, 4) is 12.3 Å². The van der Waals surface area contributed by atoms with Crippen molar-refractivity contribution in [3.63, 3.8) is 0 Å². The minimum absolute atomic E-state index is 0.0907. The van der Waals surface area contributed by atoms with Gasteiger partial charge in [0.05, 0.1) is 9.40 Å². The van der Waals surface area contributed by atoms with Crippen LogP contribution < -0.4 is 5.32 Å². The molecule has 90 valence electrons. The molecule has 0 saturated carbocycles. The third kappa shape index (κ3) is 4.17. The third-order valence-corrected chi connectivity index (χ3v) is 3.16. The fourth-order valence-electron chi connectivity index (χ4n) is 1.38. The smallest absolute Gasteiger partial charge is 0.283 e. The molecule has 5 heteroatoms. The van der Waals surface area contributed by atoms with Gasteiger partial charge in [-0.2, -0.15) is 0 Å². The van der Waals surface area contributed by atoms with Crippen LogP contribution in [0, 0.1) is 22.5 Å². The van der Waals surface area contributed by atoms with Crippen molar-refractivity contribution in [1.82, 2.24) is 5.32 Å². The first kappa shape index (κ1) is 13.7. The van der Waals surface area contributed by atoms with Gasteiger partial charge in [0.15, 0.2) is 0 Å². The average Bonchev–Trinajstić information content (AvgIpc) is 2.30. The van der Waals surface area contributed by atoms with Gasteiger partial charge < -0.3 is 5.32 Å². The number of nitro benzene ring substituents is 1. The van der Waals surface area contributed by atoms with Crippen LogP contribution in [0.4, 0.5) is 5.69 Å². The lowest BCUT2D eigenvalue weighted by Gasteiger charge is -2.06. The standard InChI is InChI=1S/C12H13BrN2O2/c1-2-3-4-8-14-9-10-6-5-7-11(12(10)13)15(16)17/h1,5-7,14H,3-4,8-9H2. The first-order chi connectivity index (χ1) is 8.16. The van der Waals surface area contributed by atoms with Gasteiger partial charge >= 0.3 is 0 Å². The molecule has 1 aromatic carbocycles. The Kier molecular flexibility index (Phi) is 5.67. The third-order valence-electron chi connectivity index (χ3n) is 2.25. The van der Waals surface area contributed by atoms with E-state index in [1.807, 2.05) is 6.07 Å². The van der Waals surface area contributed by atoms with Gasteiger partial charge in [-0.25, -0.2) is 0 Å². The van der Waals surface area contributed by atoms with Crippen LogP contribution in [-0.2, 0) is 6.54 Å². The largest absolute Gasteiger partial charge is 0.313 e. The molecule has 0 radical (unpaired) electrons. The van der Waals surface area contributed by atoms with E-state index in [9.17, 15) is 10.1 Å². The van der Waals surface area contributed by atoms with E-state index in [0.29, 0.717) is 11.0 Å². The van der Waals surface area contributed by atoms with Crippen LogP contribution in [-0.4, -0.2) is 11.5 Å². The summed E-state index contributed by atoms with van der Waals surface area (Å²) >= 11 is 3.25. The van der Waals surface area contributed by atoms with Crippen molar-refractivity contribution >= 4 is 21.6 Å². The van der Waals surface area contributed by atoms with Crippen LogP contribution in [0.15, 0.2) is 22.7 Å². The Morgan fingerprint density at radius 3 is 2.94 bits per heavy atom. The summed E-state index contributed by atoms with van der Waals surface area (Å²) in [6, 6.07) is 5.01. The van der Waals surface area contributed by atoms with Gasteiger partial charge in [-0.15, -0.1) is 12.3 Å². The Bertz CT molecular complexity index is 441. The molecule has 1 rings (SSSR count). The van der Waals surface area contributed by atoms with Crippen molar-refractivity contribution < 1.29 is 4.92 Å². The SMILES string of the molecule is C#CCCCNCc1cccc([N+](=O)[O-])c1Br. The zero-order chi connectivity index (χ0) is 12.7. The van der Waals surface area contributed by atoms with Crippen molar-refractivity contribution in [3.05, 3.63) is 38.3 Å². The second-order valence-electron chi connectivity index (χ2n) is 3.49. The number of unbranched alkanes of at least 4 members (excludes halogenated alkanes) is 1. The second-order valence-corrected chi connectivity index (χ2v) is 4.28. The highest BCUT2D eigenvalue weighted by molar-refractivity contribution is 9.10. The van der Waals surface area contributed by atoms with Crippen LogP contribution in [0.25, 0.3) is 0 Å². The Morgan fingerprint density at radius 1 is 1.53 bits per heavy atom. The van der Waals surface area contributed by atoms with Crippen molar-refractivity contribution in [2.24, 2.45) is 0 Å². The maximum absolute atomic E-state index is 10.7. The normalized spacial score (nSPS) is 9.88. The molecule has 0 unspecified atom stereocenters. The maximum atomic E-state index is 10.7. The lowest BCUT2D eigenvalue weighted by Crippen LogP contribution is -2.15. The van der Waals surface area contributed by atoms with Crippen molar-refractivity contribution in [2.45, 2.75) is 19.4 Å². The Hall–Kier alpha value is -1.38. The number of hydrogen-bond donors (Lipinski definition) is 1. The minimum Gasteiger partial charge on any atom is -0.313 e. The number of nitrogens with one attached hydrogen (secondary N) is 1. The molecular weight excluding hydrogens is 284 g/mol. The van der Waals surface area contributed by atoms with Gasteiger partial charge in [-0.05, 0) is 34.5 Å². The molecule has 0 fully saturated rings. The fourth-order valence-corrected chi connectivity index (χ4v) is 1.93. The highest BCUT2D eigenvalue weighted by atomic mass is 79.9. The van der Waals surface area contributed by atoms with Gasteiger partial charge in [0.1, 0.15) is 0 Å². The monoisotopic (exact) mass is 296 g/mol. The molecule has 4 nitrogen and oxygen atoms in total. The fraction of sp³-hybridized carbons (Fsp3) is 0.333. The van der Waals surface area contributed by atoms with Crippen LogP contribution in [0.2, 0.25) is 0 Å². The topological polar surface area (TPSA) is 55.2 Å². The highest BCUT2D eigenvalue weighted by Gasteiger charge is 2.13. The molecule has 1 aromatic rings. The summed E-state index contributed by atoms with van der Waals surface area (Å²) in [6.45, 7) is 1.40. The molecule has 0 amide bonds. The van der Waals surface area contributed by atoms with Gasteiger partial charge in [0.2, 0.25) is 0 Å². The van der Waals surface area contributed by atoms with E-state index < -0.39 is 4.92 Å². The first-order valence-corrected chi connectivity index (χ1v) is 6.02. The molecule has 1 N–H and O–H groups in total. The van der Waals surface area contributed by atoms with E-state index in [-0.39, 0.29) is 5.69 Å². The van der Waals surface area contributed by atoms with Crippen LogP contribution in [0.3, 0.4) is 0 Å². The van der Waals surface area contributed by atoms with Gasteiger partial charge in [-0.3, -0.25) is 10.1 Å². The zero-order valence-electron chi connectivity index (χ0n) is 9.28. The Morgan fingerprint density at radius 2 is 2.29 bits per heavy atom. The summed E-state index contributed by atoms with van der Waals surface area (Å²) in [5.41, 5.74) is 0.966. The summed E-state index contributed by atoms with van der Waals surface area (Å²) in [4.78, 5) is 10.3. The molecule has 0 aliphatic carbocycles. The molecule has 0 aliphatic rings. The quantitative estimate of drug-likeness (QED) is 0.380. The number of rotatable bonds is 6.